The molecule has 1 fully saturated rings. The predicted molar refractivity (Wildman–Crippen MR) is 108 cm³/mol. The number of carbonyl (C=O) groups is 1. The highest BCUT2D eigenvalue weighted by Crippen LogP contribution is 2.17. The fourth-order valence-electron chi connectivity index (χ4n) is 3.22. The zero-order chi connectivity index (χ0) is 18.4. The van der Waals surface area contributed by atoms with Crippen LogP contribution in [0.2, 0.25) is 0 Å². The number of nitrogens with zero attached hydrogens (tertiary/aromatic N) is 2. The zero-order valence-corrected chi connectivity index (χ0v) is 15.8. The van der Waals surface area contributed by atoms with Gasteiger partial charge in [-0.3, -0.25) is 9.69 Å². The standard InChI is InChI=1S/C22H29N3O/c1-18(2)16-23-22(26)20-10-8-19(9-11-20)17-24-12-14-25(15-13-24)21-6-4-3-5-7-21/h3-11,18H,12-17H2,1-2H3,(H,23,26). The van der Waals surface area contributed by atoms with E-state index < -0.39 is 0 Å². The molecule has 2 aromatic rings. The van der Waals surface area contributed by atoms with Gasteiger partial charge in [0.05, 0.1) is 0 Å². The molecule has 1 saturated heterocycles. The Bertz CT molecular complexity index is 689. The monoisotopic (exact) mass is 351 g/mol. The minimum atomic E-state index is 0.0155. The molecule has 1 heterocycles. The molecular weight excluding hydrogens is 322 g/mol. The third-order valence-electron chi connectivity index (χ3n) is 4.79. The molecule has 0 unspecified atom stereocenters. The van der Waals surface area contributed by atoms with Crippen molar-refractivity contribution in [3.05, 3.63) is 65.7 Å². The van der Waals surface area contributed by atoms with Crippen LogP contribution in [0.1, 0.15) is 29.8 Å². The van der Waals surface area contributed by atoms with Crippen molar-refractivity contribution in [3.8, 4) is 0 Å². The lowest BCUT2D eigenvalue weighted by atomic mass is 10.1. The minimum Gasteiger partial charge on any atom is -0.369 e. The molecule has 0 bridgehead atoms. The molecule has 4 heteroatoms. The van der Waals surface area contributed by atoms with E-state index in [1.165, 1.54) is 11.3 Å². The van der Waals surface area contributed by atoms with E-state index in [1.54, 1.807) is 0 Å². The van der Waals surface area contributed by atoms with E-state index in [-0.39, 0.29) is 5.91 Å². The van der Waals surface area contributed by atoms with E-state index in [2.05, 4.69) is 71.4 Å². The van der Waals surface area contributed by atoms with E-state index in [9.17, 15) is 4.79 Å². The lowest BCUT2D eigenvalue weighted by Crippen LogP contribution is -2.45. The highest BCUT2D eigenvalue weighted by molar-refractivity contribution is 5.94. The van der Waals surface area contributed by atoms with Gasteiger partial charge < -0.3 is 10.2 Å². The summed E-state index contributed by atoms with van der Waals surface area (Å²) in [5, 5.41) is 2.96. The van der Waals surface area contributed by atoms with Crippen LogP contribution >= 0.6 is 0 Å². The van der Waals surface area contributed by atoms with Gasteiger partial charge in [0.25, 0.3) is 5.91 Å². The molecule has 1 N–H and O–H groups in total. The Morgan fingerprint density at radius 3 is 2.23 bits per heavy atom. The van der Waals surface area contributed by atoms with Crippen LogP contribution in [0.15, 0.2) is 54.6 Å². The van der Waals surface area contributed by atoms with Crippen molar-refractivity contribution in [1.29, 1.82) is 0 Å². The van der Waals surface area contributed by atoms with Gasteiger partial charge in [0, 0.05) is 50.5 Å². The van der Waals surface area contributed by atoms with E-state index in [0.29, 0.717) is 12.5 Å². The summed E-state index contributed by atoms with van der Waals surface area (Å²) in [4.78, 5) is 17.0. The van der Waals surface area contributed by atoms with Crippen LogP contribution in [0.3, 0.4) is 0 Å². The fraction of sp³-hybridized carbons (Fsp3) is 0.409. The number of benzene rings is 2. The van der Waals surface area contributed by atoms with Crippen LogP contribution in [-0.2, 0) is 6.54 Å². The van der Waals surface area contributed by atoms with Crippen molar-refractivity contribution in [2.75, 3.05) is 37.6 Å². The average Bonchev–Trinajstić information content (AvgIpc) is 2.68. The van der Waals surface area contributed by atoms with Gasteiger partial charge in [-0.2, -0.15) is 0 Å². The molecule has 0 saturated carbocycles. The van der Waals surface area contributed by atoms with E-state index in [0.717, 1.165) is 38.3 Å². The van der Waals surface area contributed by atoms with Gasteiger partial charge in [-0.05, 0) is 35.7 Å². The lowest BCUT2D eigenvalue weighted by Gasteiger charge is -2.36. The molecule has 0 aliphatic carbocycles. The SMILES string of the molecule is CC(C)CNC(=O)c1ccc(CN2CCN(c3ccccc3)CC2)cc1. The zero-order valence-electron chi connectivity index (χ0n) is 15.8. The topological polar surface area (TPSA) is 35.6 Å². The van der Waals surface area contributed by atoms with Crippen LogP contribution in [0.25, 0.3) is 0 Å². The van der Waals surface area contributed by atoms with Crippen LogP contribution in [0.5, 0.6) is 0 Å². The lowest BCUT2D eigenvalue weighted by molar-refractivity contribution is 0.0949. The second-order valence-corrected chi connectivity index (χ2v) is 7.40. The van der Waals surface area contributed by atoms with Crippen LogP contribution in [0.4, 0.5) is 5.69 Å². The summed E-state index contributed by atoms with van der Waals surface area (Å²) in [6.45, 7) is 10.1. The molecular formula is C22H29N3O. The third kappa shape index (κ3) is 5.09. The van der Waals surface area contributed by atoms with Crippen molar-refractivity contribution in [2.45, 2.75) is 20.4 Å². The number of rotatable bonds is 6. The molecule has 0 spiro atoms. The molecule has 0 atom stereocenters. The largest absolute Gasteiger partial charge is 0.369 e. The number of para-hydroxylation sites is 1. The van der Waals surface area contributed by atoms with Gasteiger partial charge in [-0.1, -0.05) is 44.2 Å². The molecule has 3 rings (SSSR count). The first-order valence-corrected chi connectivity index (χ1v) is 9.51. The number of carbonyl (C=O) groups excluding carboxylic acids is 1. The first kappa shape index (κ1) is 18.5. The second-order valence-electron chi connectivity index (χ2n) is 7.40. The maximum Gasteiger partial charge on any atom is 0.251 e. The maximum absolute atomic E-state index is 12.1. The molecule has 2 aromatic carbocycles. The summed E-state index contributed by atoms with van der Waals surface area (Å²) < 4.78 is 0. The maximum atomic E-state index is 12.1. The normalized spacial score (nSPS) is 15.3. The van der Waals surface area contributed by atoms with Gasteiger partial charge in [0.15, 0.2) is 0 Å². The summed E-state index contributed by atoms with van der Waals surface area (Å²) in [6.07, 6.45) is 0. The summed E-state index contributed by atoms with van der Waals surface area (Å²) in [6, 6.07) is 18.6. The van der Waals surface area contributed by atoms with Crippen LogP contribution < -0.4 is 10.2 Å². The Morgan fingerprint density at radius 1 is 0.962 bits per heavy atom. The van der Waals surface area contributed by atoms with Gasteiger partial charge in [0.1, 0.15) is 0 Å². The third-order valence-corrected chi connectivity index (χ3v) is 4.79. The van der Waals surface area contributed by atoms with Crippen molar-refractivity contribution in [3.63, 3.8) is 0 Å². The van der Waals surface area contributed by atoms with Crippen molar-refractivity contribution in [2.24, 2.45) is 5.92 Å². The first-order valence-electron chi connectivity index (χ1n) is 9.51. The summed E-state index contributed by atoms with van der Waals surface area (Å²) in [5.74, 6) is 0.481. The molecule has 26 heavy (non-hydrogen) atoms. The number of anilines is 1. The highest BCUT2D eigenvalue weighted by Gasteiger charge is 2.17. The Labute approximate surface area is 156 Å². The van der Waals surface area contributed by atoms with Gasteiger partial charge in [-0.15, -0.1) is 0 Å². The van der Waals surface area contributed by atoms with Gasteiger partial charge >= 0.3 is 0 Å². The summed E-state index contributed by atoms with van der Waals surface area (Å²) in [7, 11) is 0. The molecule has 4 nitrogen and oxygen atoms in total. The Hall–Kier alpha value is -2.33. The Morgan fingerprint density at radius 2 is 1.62 bits per heavy atom. The molecule has 1 aliphatic rings. The summed E-state index contributed by atoms with van der Waals surface area (Å²) >= 11 is 0. The second kappa shape index (κ2) is 8.86. The van der Waals surface area contributed by atoms with Crippen molar-refractivity contribution in [1.82, 2.24) is 10.2 Å². The van der Waals surface area contributed by atoms with Crippen LogP contribution in [0, 0.1) is 5.92 Å². The first-order chi connectivity index (χ1) is 12.6. The van der Waals surface area contributed by atoms with E-state index in [4.69, 9.17) is 0 Å². The number of hydrogen-bond acceptors (Lipinski definition) is 3. The smallest absolute Gasteiger partial charge is 0.251 e. The molecule has 0 radical (unpaired) electrons. The number of amides is 1. The number of nitrogens with one attached hydrogen (secondary N) is 1. The average molecular weight is 351 g/mol. The van der Waals surface area contributed by atoms with E-state index in [1.807, 2.05) is 12.1 Å². The van der Waals surface area contributed by atoms with Crippen LogP contribution in [-0.4, -0.2) is 43.5 Å². The van der Waals surface area contributed by atoms with Crippen molar-refractivity contribution >= 4 is 11.6 Å². The molecule has 0 aromatic heterocycles. The Kier molecular flexibility index (Phi) is 6.29. The minimum absolute atomic E-state index is 0.0155. The molecule has 1 aliphatic heterocycles. The van der Waals surface area contributed by atoms with Gasteiger partial charge in [-0.25, -0.2) is 0 Å². The molecule has 138 valence electrons. The number of hydrogen-bond donors (Lipinski definition) is 1. The quantitative estimate of drug-likeness (QED) is 0.866. The van der Waals surface area contributed by atoms with Gasteiger partial charge in [0.2, 0.25) is 0 Å². The Balaban J connectivity index is 1.48. The predicted octanol–water partition coefficient (Wildman–Crippen LogP) is 3.39. The van der Waals surface area contributed by atoms with E-state index >= 15 is 0 Å². The number of piperazine rings is 1. The molecule has 1 amide bonds. The van der Waals surface area contributed by atoms with Crippen molar-refractivity contribution < 1.29 is 4.79 Å². The highest BCUT2D eigenvalue weighted by atomic mass is 16.1. The fourth-order valence-corrected chi connectivity index (χ4v) is 3.22. The summed E-state index contributed by atoms with van der Waals surface area (Å²) in [5.41, 5.74) is 3.31.